The summed E-state index contributed by atoms with van der Waals surface area (Å²) < 4.78 is 13.0. The van der Waals surface area contributed by atoms with Crippen LogP contribution in [0.4, 0.5) is 0 Å². The summed E-state index contributed by atoms with van der Waals surface area (Å²) in [5, 5.41) is 18.2. The van der Waals surface area contributed by atoms with Gasteiger partial charge in [0.05, 0.1) is 32.2 Å². The van der Waals surface area contributed by atoms with E-state index in [1.165, 1.54) is 0 Å². The van der Waals surface area contributed by atoms with Crippen LogP contribution in [-0.2, 0) is 17.4 Å². The molecule has 2 unspecified atom stereocenters. The molecule has 0 spiro atoms. The van der Waals surface area contributed by atoms with Crippen LogP contribution < -0.4 is 5.32 Å². The number of morpholine rings is 1. The average molecular weight is 489 g/mol. The highest BCUT2D eigenvalue weighted by Crippen LogP contribution is 2.23. The Hall–Kier alpha value is -1.59. The molecule has 2 aromatic rings. The van der Waals surface area contributed by atoms with Crippen LogP contribution in [0.15, 0.2) is 40.2 Å². The number of aliphatic hydroxyl groups is 1. The number of aliphatic imine (C=N–C) groups is 1. The lowest BCUT2D eigenvalue weighted by Crippen LogP contribution is -2.48. The van der Waals surface area contributed by atoms with Crippen LogP contribution in [0.25, 0.3) is 0 Å². The second kappa shape index (κ2) is 9.56. The maximum atomic E-state index is 10.6. The number of aromatic nitrogens is 2. The Morgan fingerprint density at radius 3 is 2.96 bits per heavy atom. The van der Waals surface area contributed by atoms with E-state index in [2.05, 4.69) is 20.3 Å². The van der Waals surface area contributed by atoms with Gasteiger partial charge in [0.15, 0.2) is 5.96 Å². The number of nitrogens with one attached hydrogen (secondary N) is 1. The highest BCUT2D eigenvalue weighted by molar-refractivity contribution is 14.0. The van der Waals surface area contributed by atoms with E-state index in [0.717, 1.165) is 24.6 Å². The molecule has 3 rings (SSSR count). The molecule has 1 aliphatic rings. The minimum atomic E-state index is -1.15. The fourth-order valence-corrected chi connectivity index (χ4v) is 2.97. The average Bonchev–Trinajstić information content (AvgIpc) is 3.31. The zero-order valence-electron chi connectivity index (χ0n) is 16.0. The Morgan fingerprint density at radius 2 is 2.33 bits per heavy atom. The summed E-state index contributed by atoms with van der Waals surface area (Å²) in [6.45, 7) is 6.72. The molecule has 1 saturated heterocycles. The standard InChI is InChI=1S/C18H27N5O3.HI/c1-4-19-17(20-13-18(2,24)16-6-5-8-26-16)23-7-9-25-15(12-23)14-10-21-22(3)11-14;/h5-6,8,10-11,15,24H,4,7,9,12-13H2,1-3H3,(H,19,20);1H. The zero-order chi connectivity index (χ0) is 18.6. The number of hydrogen-bond donors (Lipinski definition) is 2. The molecule has 2 atom stereocenters. The SMILES string of the molecule is CCNC(=NCC(C)(O)c1ccco1)N1CCOC(c2cnn(C)c2)C1.I. The van der Waals surface area contributed by atoms with Gasteiger partial charge >= 0.3 is 0 Å². The first-order chi connectivity index (χ1) is 12.5. The van der Waals surface area contributed by atoms with Crippen molar-refractivity contribution in [2.24, 2.45) is 12.0 Å². The van der Waals surface area contributed by atoms with Crippen molar-refractivity contribution in [3.05, 3.63) is 42.1 Å². The van der Waals surface area contributed by atoms with Crippen molar-refractivity contribution in [3.63, 3.8) is 0 Å². The van der Waals surface area contributed by atoms with Gasteiger partial charge in [-0.3, -0.25) is 4.68 Å². The van der Waals surface area contributed by atoms with Crippen molar-refractivity contribution in [3.8, 4) is 0 Å². The van der Waals surface area contributed by atoms with Crippen LogP contribution in [0.3, 0.4) is 0 Å². The first-order valence-corrected chi connectivity index (χ1v) is 8.89. The number of halogens is 1. The molecule has 9 heteroatoms. The van der Waals surface area contributed by atoms with Crippen molar-refractivity contribution in [2.45, 2.75) is 25.6 Å². The molecule has 2 N–H and O–H groups in total. The molecule has 0 radical (unpaired) electrons. The Balaban J connectivity index is 0.00000261. The molecular formula is C18H28IN5O3. The molecule has 27 heavy (non-hydrogen) atoms. The molecule has 1 aliphatic heterocycles. The van der Waals surface area contributed by atoms with Crippen LogP contribution in [0.2, 0.25) is 0 Å². The maximum absolute atomic E-state index is 10.6. The highest BCUT2D eigenvalue weighted by Gasteiger charge is 2.28. The van der Waals surface area contributed by atoms with E-state index in [1.807, 2.05) is 26.4 Å². The summed E-state index contributed by atoms with van der Waals surface area (Å²) in [6.07, 6.45) is 5.31. The summed E-state index contributed by atoms with van der Waals surface area (Å²) >= 11 is 0. The molecule has 1 fully saturated rings. The van der Waals surface area contributed by atoms with Gasteiger partial charge < -0.3 is 24.5 Å². The topological polar surface area (TPSA) is 88.1 Å². The predicted octanol–water partition coefficient (Wildman–Crippen LogP) is 1.88. The van der Waals surface area contributed by atoms with Gasteiger partial charge in [-0.1, -0.05) is 0 Å². The number of furan rings is 1. The van der Waals surface area contributed by atoms with Crippen LogP contribution in [-0.4, -0.2) is 58.5 Å². The van der Waals surface area contributed by atoms with Gasteiger partial charge in [-0.25, -0.2) is 4.99 Å². The number of guanidine groups is 1. The Morgan fingerprint density at radius 1 is 1.52 bits per heavy atom. The van der Waals surface area contributed by atoms with E-state index >= 15 is 0 Å². The highest BCUT2D eigenvalue weighted by atomic mass is 127. The lowest BCUT2D eigenvalue weighted by Gasteiger charge is -2.35. The maximum Gasteiger partial charge on any atom is 0.194 e. The molecule has 0 amide bonds. The molecule has 0 aliphatic carbocycles. The predicted molar refractivity (Wildman–Crippen MR) is 113 cm³/mol. The van der Waals surface area contributed by atoms with Crippen molar-refractivity contribution in [2.75, 3.05) is 32.8 Å². The Labute approximate surface area is 176 Å². The molecular weight excluding hydrogens is 461 g/mol. The van der Waals surface area contributed by atoms with Crippen molar-refractivity contribution < 1.29 is 14.3 Å². The van der Waals surface area contributed by atoms with Crippen molar-refractivity contribution in [1.29, 1.82) is 0 Å². The largest absolute Gasteiger partial charge is 0.466 e. The van der Waals surface area contributed by atoms with E-state index < -0.39 is 5.60 Å². The fourth-order valence-electron chi connectivity index (χ4n) is 2.97. The number of rotatable bonds is 5. The van der Waals surface area contributed by atoms with Gasteiger partial charge in [0, 0.05) is 31.9 Å². The first-order valence-electron chi connectivity index (χ1n) is 8.89. The molecule has 0 bridgehead atoms. The van der Waals surface area contributed by atoms with Crippen LogP contribution in [0, 0.1) is 0 Å². The second-order valence-corrected chi connectivity index (χ2v) is 6.67. The fraction of sp³-hybridized carbons (Fsp3) is 0.556. The van der Waals surface area contributed by atoms with Crippen molar-refractivity contribution >= 4 is 29.9 Å². The summed E-state index contributed by atoms with van der Waals surface area (Å²) in [4.78, 5) is 6.80. The third kappa shape index (κ3) is 5.45. The Bertz CT molecular complexity index is 729. The van der Waals surface area contributed by atoms with E-state index in [4.69, 9.17) is 9.15 Å². The summed E-state index contributed by atoms with van der Waals surface area (Å²) in [5.74, 6) is 1.27. The van der Waals surface area contributed by atoms with Gasteiger partial charge in [-0.15, -0.1) is 24.0 Å². The van der Waals surface area contributed by atoms with Crippen LogP contribution >= 0.6 is 24.0 Å². The molecule has 150 valence electrons. The summed E-state index contributed by atoms with van der Waals surface area (Å²) in [6, 6.07) is 3.52. The third-order valence-corrected chi connectivity index (χ3v) is 4.39. The van der Waals surface area contributed by atoms with Gasteiger partial charge in [-0.2, -0.15) is 5.10 Å². The summed E-state index contributed by atoms with van der Waals surface area (Å²) in [5.41, 5.74) is -0.102. The van der Waals surface area contributed by atoms with Gasteiger partial charge in [0.1, 0.15) is 17.5 Å². The number of hydrogen-bond acceptors (Lipinski definition) is 5. The van der Waals surface area contributed by atoms with Crippen LogP contribution in [0.5, 0.6) is 0 Å². The number of ether oxygens (including phenoxy) is 1. The van der Waals surface area contributed by atoms with E-state index in [1.54, 1.807) is 30.0 Å². The van der Waals surface area contributed by atoms with Gasteiger partial charge in [-0.05, 0) is 26.0 Å². The molecule has 3 heterocycles. The molecule has 0 saturated carbocycles. The van der Waals surface area contributed by atoms with E-state index in [9.17, 15) is 5.11 Å². The minimum absolute atomic E-state index is 0. The summed E-state index contributed by atoms with van der Waals surface area (Å²) in [7, 11) is 1.90. The zero-order valence-corrected chi connectivity index (χ0v) is 18.3. The van der Waals surface area contributed by atoms with Gasteiger partial charge in [0.25, 0.3) is 0 Å². The molecule has 2 aromatic heterocycles. The smallest absolute Gasteiger partial charge is 0.194 e. The van der Waals surface area contributed by atoms with Crippen LogP contribution in [0.1, 0.15) is 31.3 Å². The lowest BCUT2D eigenvalue weighted by molar-refractivity contribution is -0.00844. The Kier molecular flexibility index (Phi) is 7.68. The number of aryl methyl sites for hydroxylation is 1. The minimum Gasteiger partial charge on any atom is -0.466 e. The van der Waals surface area contributed by atoms with E-state index in [-0.39, 0.29) is 36.6 Å². The number of nitrogens with zero attached hydrogens (tertiary/aromatic N) is 4. The molecule has 8 nitrogen and oxygen atoms in total. The monoisotopic (exact) mass is 489 g/mol. The van der Waals surface area contributed by atoms with Gasteiger partial charge in [0.2, 0.25) is 0 Å². The van der Waals surface area contributed by atoms with E-state index in [0.29, 0.717) is 18.9 Å². The normalized spacial score (nSPS) is 20.1. The first kappa shape index (κ1) is 21.7. The van der Waals surface area contributed by atoms with Crippen molar-refractivity contribution in [1.82, 2.24) is 20.0 Å². The third-order valence-electron chi connectivity index (χ3n) is 4.39. The molecule has 0 aromatic carbocycles. The lowest BCUT2D eigenvalue weighted by atomic mass is 10.0. The second-order valence-electron chi connectivity index (χ2n) is 6.67. The quantitative estimate of drug-likeness (QED) is 0.379.